The van der Waals surface area contributed by atoms with Gasteiger partial charge in [0.05, 0.1) is 6.61 Å². The third-order valence-electron chi connectivity index (χ3n) is 4.47. The molecule has 0 radical (unpaired) electrons. The molecular formula is C13H26N2O4S. The maximum atomic E-state index is 12.4. The summed E-state index contributed by atoms with van der Waals surface area (Å²) in [4.78, 5) is 0. The molecule has 2 rings (SSSR count). The molecule has 0 aromatic rings. The van der Waals surface area contributed by atoms with Crippen molar-refractivity contribution >= 4 is 10.2 Å². The van der Waals surface area contributed by atoms with Crippen molar-refractivity contribution in [3.05, 3.63) is 0 Å². The molecule has 0 aliphatic carbocycles. The first-order valence-electron chi connectivity index (χ1n) is 7.42. The molecule has 2 fully saturated rings. The van der Waals surface area contributed by atoms with Crippen LogP contribution in [0.3, 0.4) is 0 Å². The first kappa shape index (κ1) is 16.2. The Morgan fingerprint density at radius 1 is 1.35 bits per heavy atom. The van der Waals surface area contributed by atoms with Gasteiger partial charge in [-0.1, -0.05) is 13.3 Å². The highest BCUT2D eigenvalue weighted by atomic mass is 32.2. The lowest BCUT2D eigenvalue weighted by Crippen LogP contribution is -2.52. The molecule has 2 heterocycles. The maximum absolute atomic E-state index is 12.4. The normalized spacial score (nSPS) is 28.4. The van der Waals surface area contributed by atoms with Crippen molar-refractivity contribution in [3.63, 3.8) is 0 Å². The second kappa shape index (κ2) is 6.70. The van der Waals surface area contributed by atoms with Gasteiger partial charge in [0.1, 0.15) is 0 Å². The van der Waals surface area contributed by atoms with E-state index in [1.165, 1.54) is 4.31 Å². The van der Waals surface area contributed by atoms with Crippen LogP contribution in [0.1, 0.15) is 39.0 Å². The number of rotatable bonds is 5. The van der Waals surface area contributed by atoms with Gasteiger partial charge in [0.25, 0.3) is 10.2 Å². The van der Waals surface area contributed by atoms with Gasteiger partial charge in [-0.2, -0.15) is 12.7 Å². The molecule has 0 bridgehead atoms. The van der Waals surface area contributed by atoms with E-state index in [1.807, 2.05) is 0 Å². The molecule has 118 valence electrons. The van der Waals surface area contributed by atoms with Crippen molar-refractivity contribution in [3.8, 4) is 0 Å². The van der Waals surface area contributed by atoms with Gasteiger partial charge in [-0.3, -0.25) is 0 Å². The van der Waals surface area contributed by atoms with Crippen molar-refractivity contribution in [1.82, 2.24) is 9.03 Å². The highest BCUT2D eigenvalue weighted by Crippen LogP contribution is 2.29. The zero-order valence-electron chi connectivity index (χ0n) is 12.2. The van der Waals surface area contributed by atoms with E-state index in [2.05, 4.69) is 11.6 Å². The fraction of sp³-hybridized carbons (Fsp3) is 1.00. The van der Waals surface area contributed by atoms with E-state index in [9.17, 15) is 13.5 Å². The van der Waals surface area contributed by atoms with Crippen molar-refractivity contribution in [2.45, 2.75) is 45.1 Å². The van der Waals surface area contributed by atoms with Crippen LogP contribution in [-0.2, 0) is 14.9 Å². The molecule has 2 aliphatic rings. The number of hydrogen-bond donors (Lipinski definition) is 2. The smallest absolute Gasteiger partial charge is 0.279 e. The minimum atomic E-state index is -3.50. The van der Waals surface area contributed by atoms with Crippen LogP contribution >= 0.6 is 0 Å². The standard InChI is InChI=1S/C13H26N2O4S/c1-13(5-8-19-9-6-13)11-14-20(17,18)15-7-3-2-4-12(15)10-16/h12,14,16H,2-11H2,1H3. The minimum Gasteiger partial charge on any atom is -0.395 e. The molecule has 20 heavy (non-hydrogen) atoms. The van der Waals surface area contributed by atoms with Gasteiger partial charge in [0.2, 0.25) is 0 Å². The lowest BCUT2D eigenvalue weighted by atomic mass is 9.83. The summed E-state index contributed by atoms with van der Waals surface area (Å²) in [5.74, 6) is 0. The van der Waals surface area contributed by atoms with E-state index in [4.69, 9.17) is 4.74 Å². The van der Waals surface area contributed by atoms with Gasteiger partial charge >= 0.3 is 0 Å². The van der Waals surface area contributed by atoms with E-state index >= 15 is 0 Å². The topological polar surface area (TPSA) is 78.9 Å². The van der Waals surface area contributed by atoms with Crippen molar-refractivity contribution in [2.24, 2.45) is 5.41 Å². The number of aliphatic hydroxyl groups is 1. The Balaban J connectivity index is 1.95. The van der Waals surface area contributed by atoms with Gasteiger partial charge in [-0.15, -0.1) is 0 Å². The van der Waals surface area contributed by atoms with E-state index in [-0.39, 0.29) is 18.1 Å². The van der Waals surface area contributed by atoms with Crippen LogP contribution < -0.4 is 4.72 Å². The molecular weight excluding hydrogens is 280 g/mol. The zero-order valence-corrected chi connectivity index (χ0v) is 13.0. The molecule has 0 saturated carbocycles. The zero-order chi connectivity index (χ0) is 14.6. The van der Waals surface area contributed by atoms with Crippen LogP contribution in [0, 0.1) is 5.41 Å². The van der Waals surface area contributed by atoms with Crippen LogP contribution in [-0.4, -0.2) is 56.8 Å². The Morgan fingerprint density at radius 2 is 2.05 bits per heavy atom. The molecule has 7 heteroatoms. The summed E-state index contributed by atoms with van der Waals surface area (Å²) < 4.78 is 34.3. The fourth-order valence-electron chi connectivity index (χ4n) is 2.86. The van der Waals surface area contributed by atoms with Gasteiger partial charge < -0.3 is 9.84 Å². The van der Waals surface area contributed by atoms with Gasteiger partial charge in [-0.05, 0) is 31.1 Å². The molecule has 6 nitrogen and oxygen atoms in total. The molecule has 2 aliphatic heterocycles. The summed E-state index contributed by atoms with van der Waals surface area (Å²) in [5, 5.41) is 9.34. The van der Waals surface area contributed by atoms with Gasteiger partial charge in [0, 0.05) is 32.3 Å². The number of ether oxygens (including phenoxy) is 1. The first-order valence-corrected chi connectivity index (χ1v) is 8.86. The number of nitrogens with one attached hydrogen (secondary N) is 1. The molecule has 1 atom stereocenters. The highest BCUT2D eigenvalue weighted by molar-refractivity contribution is 7.87. The molecule has 0 spiro atoms. The Bertz CT molecular complexity index is 407. The van der Waals surface area contributed by atoms with E-state index in [0.717, 1.165) is 32.1 Å². The minimum absolute atomic E-state index is 0.0319. The summed E-state index contributed by atoms with van der Waals surface area (Å²) in [5.41, 5.74) is -0.0319. The Kier molecular flexibility index (Phi) is 5.42. The van der Waals surface area contributed by atoms with Crippen molar-refractivity contribution in [1.29, 1.82) is 0 Å². The largest absolute Gasteiger partial charge is 0.395 e. The second-order valence-electron chi connectivity index (χ2n) is 6.19. The average molecular weight is 306 g/mol. The fourth-order valence-corrected chi connectivity index (χ4v) is 4.49. The monoisotopic (exact) mass is 306 g/mol. The second-order valence-corrected chi connectivity index (χ2v) is 7.90. The highest BCUT2D eigenvalue weighted by Gasteiger charge is 2.34. The maximum Gasteiger partial charge on any atom is 0.279 e. The number of aliphatic hydroxyl groups excluding tert-OH is 1. The number of hydrogen-bond acceptors (Lipinski definition) is 4. The molecule has 0 aromatic carbocycles. The van der Waals surface area contributed by atoms with E-state index < -0.39 is 10.2 Å². The summed E-state index contributed by atoms with van der Waals surface area (Å²) in [6.45, 7) is 4.32. The van der Waals surface area contributed by atoms with Crippen LogP contribution in [0.4, 0.5) is 0 Å². The Hall–Kier alpha value is -0.210. The quantitative estimate of drug-likeness (QED) is 0.774. The molecule has 2 saturated heterocycles. The van der Waals surface area contributed by atoms with Crippen molar-refractivity contribution < 1.29 is 18.3 Å². The average Bonchev–Trinajstić information content (AvgIpc) is 2.46. The first-order chi connectivity index (χ1) is 9.47. The van der Waals surface area contributed by atoms with E-state index in [0.29, 0.717) is 26.3 Å². The Labute approximate surface area is 121 Å². The van der Waals surface area contributed by atoms with Gasteiger partial charge in [0.15, 0.2) is 0 Å². The van der Waals surface area contributed by atoms with Crippen molar-refractivity contribution in [2.75, 3.05) is 32.9 Å². The van der Waals surface area contributed by atoms with Crippen LogP contribution in [0.5, 0.6) is 0 Å². The number of nitrogens with zero attached hydrogens (tertiary/aromatic N) is 1. The lowest BCUT2D eigenvalue weighted by Gasteiger charge is -2.37. The molecule has 0 amide bonds. The van der Waals surface area contributed by atoms with Crippen LogP contribution in [0.2, 0.25) is 0 Å². The molecule has 1 unspecified atom stereocenters. The van der Waals surface area contributed by atoms with Crippen LogP contribution in [0.15, 0.2) is 0 Å². The Morgan fingerprint density at radius 3 is 2.70 bits per heavy atom. The SMILES string of the molecule is CC1(CNS(=O)(=O)N2CCCCC2CO)CCOCC1. The molecule has 0 aromatic heterocycles. The van der Waals surface area contributed by atoms with Gasteiger partial charge in [-0.25, -0.2) is 4.72 Å². The molecule has 2 N–H and O–H groups in total. The lowest BCUT2D eigenvalue weighted by molar-refractivity contribution is 0.0261. The van der Waals surface area contributed by atoms with Crippen LogP contribution in [0.25, 0.3) is 0 Å². The number of piperidine rings is 1. The predicted octanol–water partition coefficient (Wildman–Crippen LogP) is 0.484. The van der Waals surface area contributed by atoms with E-state index in [1.54, 1.807) is 0 Å². The third-order valence-corrected chi connectivity index (χ3v) is 6.08. The summed E-state index contributed by atoms with van der Waals surface area (Å²) in [6.07, 6.45) is 4.33. The summed E-state index contributed by atoms with van der Waals surface area (Å²) in [6, 6.07) is -0.274. The third kappa shape index (κ3) is 3.92. The predicted molar refractivity (Wildman–Crippen MR) is 76.5 cm³/mol. The summed E-state index contributed by atoms with van der Waals surface area (Å²) in [7, 11) is -3.50. The summed E-state index contributed by atoms with van der Waals surface area (Å²) >= 11 is 0.